The molecule has 1 saturated carbocycles. The van der Waals surface area contributed by atoms with Crippen molar-refractivity contribution in [2.24, 2.45) is 10.8 Å². The predicted molar refractivity (Wildman–Crippen MR) is 70.6 cm³/mol. The quantitative estimate of drug-likeness (QED) is 0.705. The van der Waals surface area contributed by atoms with E-state index >= 15 is 0 Å². The van der Waals surface area contributed by atoms with Crippen molar-refractivity contribution in [1.29, 1.82) is 0 Å². The lowest BCUT2D eigenvalue weighted by molar-refractivity contribution is 0.129. The number of nitrogens with zero attached hydrogens (tertiary/aromatic N) is 1. The molecule has 2 heteroatoms. The lowest BCUT2D eigenvalue weighted by atomic mass is 9.65. The minimum Gasteiger partial charge on any atom is -0.381 e. The maximum Gasteiger partial charge on any atom is 0.112 e. The van der Waals surface area contributed by atoms with Gasteiger partial charge in [-0.3, -0.25) is 4.90 Å². The van der Waals surface area contributed by atoms with E-state index in [1.807, 2.05) is 0 Å². The molecule has 2 nitrogen and oxygen atoms in total. The first kappa shape index (κ1) is 12.9. The average Bonchev–Trinajstić information content (AvgIpc) is 2.34. The molecule has 3 atom stereocenters. The first-order chi connectivity index (χ1) is 7.80. The van der Waals surface area contributed by atoms with E-state index in [9.17, 15) is 0 Å². The van der Waals surface area contributed by atoms with Crippen molar-refractivity contribution >= 4 is 0 Å². The molecule has 1 aliphatic carbocycles. The van der Waals surface area contributed by atoms with Gasteiger partial charge in [0.2, 0.25) is 0 Å². The Labute approximate surface area is 105 Å². The molecule has 1 saturated heterocycles. The van der Waals surface area contributed by atoms with Crippen molar-refractivity contribution < 1.29 is 5.11 Å². The van der Waals surface area contributed by atoms with Crippen LogP contribution in [-0.2, 0) is 0 Å². The van der Waals surface area contributed by atoms with Gasteiger partial charge in [-0.2, -0.15) is 0 Å². The summed E-state index contributed by atoms with van der Waals surface area (Å²) in [7, 11) is 0. The van der Waals surface area contributed by atoms with Gasteiger partial charge in [0.1, 0.15) is 6.10 Å². The Balaban J connectivity index is 2.02. The summed E-state index contributed by atoms with van der Waals surface area (Å²) in [6, 6.07) is 0.701. The summed E-state index contributed by atoms with van der Waals surface area (Å²) in [5.41, 5.74) is 0.961. The summed E-state index contributed by atoms with van der Waals surface area (Å²) in [4.78, 5) is 2.52. The molecule has 2 fully saturated rings. The van der Waals surface area contributed by atoms with E-state index < -0.39 is 6.10 Å². The van der Waals surface area contributed by atoms with E-state index in [1.54, 1.807) is 6.92 Å². The maximum absolute atomic E-state index is 9.16. The van der Waals surface area contributed by atoms with Gasteiger partial charge in [0, 0.05) is 12.6 Å². The third-order valence-corrected chi connectivity index (χ3v) is 4.12. The first-order valence-electron chi connectivity index (χ1n) is 6.70. The molecule has 1 aliphatic heterocycles. The maximum atomic E-state index is 9.16. The molecule has 0 aromatic heterocycles. The number of rotatable bonds is 1. The minimum absolute atomic E-state index is 0.476. The average molecular weight is 235 g/mol. The van der Waals surface area contributed by atoms with Crippen molar-refractivity contribution in [2.75, 3.05) is 13.1 Å². The third-order valence-electron chi connectivity index (χ3n) is 4.12. The van der Waals surface area contributed by atoms with Crippen LogP contribution in [-0.4, -0.2) is 35.2 Å². The van der Waals surface area contributed by atoms with E-state index in [0.29, 0.717) is 16.9 Å². The van der Waals surface area contributed by atoms with Crippen molar-refractivity contribution in [3.63, 3.8) is 0 Å². The molecule has 17 heavy (non-hydrogen) atoms. The zero-order chi connectivity index (χ0) is 12.7. The van der Waals surface area contributed by atoms with Gasteiger partial charge in [0.15, 0.2) is 0 Å². The van der Waals surface area contributed by atoms with Crippen LogP contribution < -0.4 is 0 Å². The minimum atomic E-state index is -0.496. The van der Waals surface area contributed by atoms with Crippen LogP contribution in [0.4, 0.5) is 0 Å². The second-order valence-corrected chi connectivity index (χ2v) is 7.12. The van der Waals surface area contributed by atoms with Crippen molar-refractivity contribution in [2.45, 2.75) is 59.1 Å². The van der Waals surface area contributed by atoms with Gasteiger partial charge in [0.25, 0.3) is 0 Å². The second kappa shape index (κ2) is 4.30. The second-order valence-electron chi connectivity index (χ2n) is 7.12. The summed E-state index contributed by atoms with van der Waals surface area (Å²) in [6.45, 7) is 10.9. The Kier molecular flexibility index (Phi) is 3.27. The van der Waals surface area contributed by atoms with E-state index in [4.69, 9.17) is 5.11 Å². The molecule has 2 rings (SSSR count). The Morgan fingerprint density at radius 3 is 2.71 bits per heavy atom. The largest absolute Gasteiger partial charge is 0.381 e. The first-order valence-corrected chi connectivity index (χ1v) is 6.70. The number of fused-ring (bicyclic) bond motifs is 2. The SMILES string of the molecule is C[C@H](O)C#CCN1C[C@]2(C)C[C@H]1CC(C)(C)C2. The molecule has 0 unspecified atom stereocenters. The van der Waals surface area contributed by atoms with Gasteiger partial charge >= 0.3 is 0 Å². The highest BCUT2D eigenvalue weighted by molar-refractivity contribution is 5.09. The summed E-state index contributed by atoms with van der Waals surface area (Å²) in [5, 5.41) is 9.16. The highest BCUT2D eigenvalue weighted by atomic mass is 16.3. The molecule has 0 aromatic carbocycles. The Bertz CT molecular complexity index is 350. The smallest absolute Gasteiger partial charge is 0.112 e. The summed E-state index contributed by atoms with van der Waals surface area (Å²) in [6.07, 6.45) is 3.45. The van der Waals surface area contributed by atoms with Crippen LogP contribution in [0.5, 0.6) is 0 Å². The molecule has 0 radical (unpaired) electrons. The summed E-state index contributed by atoms with van der Waals surface area (Å²) >= 11 is 0. The fourth-order valence-electron chi connectivity index (χ4n) is 4.06. The Hall–Kier alpha value is -0.520. The molecule has 0 spiro atoms. The fraction of sp³-hybridized carbons (Fsp3) is 0.867. The predicted octanol–water partition coefficient (Wildman–Crippen LogP) is 2.27. The molecule has 0 aromatic rings. The molecule has 96 valence electrons. The lowest BCUT2D eigenvalue weighted by Gasteiger charge is -2.39. The standard InChI is InChI=1S/C15H25NO/c1-12(17)6-5-7-16-11-15(4)9-13(16)8-14(2,3)10-15/h12-13,17H,7-11H2,1-4H3/t12-,13+,15+/m0/s1. The highest BCUT2D eigenvalue weighted by Gasteiger charge is 2.49. The van der Waals surface area contributed by atoms with Crippen LogP contribution in [0.2, 0.25) is 0 Å². The van der Waals surface area contributed by atoms with E-state index in [2.05, 4.69) is 37.5 Å². The number of aliphatic hydroxyl groups excluding tert-OH is 1. The third kappa shape index (κ3) is 3.03. The molecule has 1 heterocycles. The number of aliphatic hydroxyl groups is 1. The van der Waals surface area contributed by atoms with Crippen molar-refractivity contribution in [3.05, 3.63) is 0 Å². The molecule has 1 N–H and O–H groups in total. The molecular formula is C15H25NO. The molecule has 0 amide bonds. The lowest BCUT2D eigenvalue weighted by Crippen LogP contribution is -2.34. The van der Waals surface area contributed by atoms with Gasteiger partial charge in [-0.25, -0.2) is 0 Å². The van der Waals surface area contributed by atoms with Gasteiger partial charge < -0.3 is 5.11 Å². The Morgan fingerprint density at radius 1 is 1.35 bits per heavy atom. The van der Waals surface area contributed by atoms with Crippen molar-refractivity contribution in [3.8, 4) is 11.8 Å². The fourth-order valence-corrected chi connectivity index (χ4v) is 4.06. The van der Waals surface area contributed by atoms with Crippen LogP contribution in [0.25, 0.3) is 0 Å². The van der Waals surface area contributed by atoms with Crippen LogP contribution in [0, 0.1) is 22.7 Å². The van der Waals surface area contributed by atoms with Gasteiger partial charge in [-0.1, -0.05) is 32.6 Å². The molecule has 2 bridgehead atoms. The monoisotopic (exact) mass is 235 g/mol. The molecular weight excluding hydrogens is 210 g/mol. The van der Waals surface area contributed by atoms with Crippen LogP contribution in [0.3, 0.4) is 0 Å². The van der Waals surface area contributed by atoms with Gasteiger partial charge in [0.05, 0.1) is 6.54 Å². The van der Waals surface area contributed by atoms with E-state index in [-0.39, 0.29) is 0 Å². The van der Waals surface area contributed by atoms with Gasteiger partial charge in [-0.05, 0) is 37.0 Å². The van der Waals surface area contributed by atoms with E-state index in [0.717, 1.165) is 6.54 Å². The van der Waals surface area contributed by atoms with Crippen molar-refractivity contribution in [1.82, 2.24) is 4.90 Å². The summed E-state index contributed by atoms with van der Waals surface area (Å²) < 4.78 is 0. The summed E-state index contributed by atoms with van der Waals surface area (Å²) in [5.74, 6) is 5.96. The number of likely N-dealkylation sites (tertiary alicyclic amines) is 1. The topological polar surface area (TPSA) is 23.5 Å². The van der Waals surface area contributed by atoms with Crippen LogP contribution in [0.15, 0.2) is 0 Å². The Morgan fingerprint density at radius 2 is 2.06 bits per heavy atom. The highest BCUT2D eigenvalue weighted by Crippen LogP contribution is 2.52. The molecule has 2 aliphatic rings. The van der Waals surface area contributed by atoms with E-state index in [1.165, 1.54) is 25.8 Å². The zero-order valence-corrected chi connectivity index (χ0v) is 11.6. The normalized spacial score (nSPS) is 37.4. The van der Waals surface area contributed by atoms with Gasteiger partial charge in [-0.15, -0.1) is 0 Å². The van der Waals surface area contributed by atoms with Crippen LogP contribution in [0.1, 0.15) is 47.0 Å². The number of hydrogen-bond acceptors (Lipinski definition) is 2. The zero-order valence-electron chi connectivity index (χ0n) is 11.6. The van der Waals surface area contributed by atoms with Crippen LogP contribution >= 0.6 is 0 Å². The number of hydrogen-bond donors (Lipinski definition) is 1.